The third kappa shape index (κ3) is 1.64. The van der Waals surface area contributed by atoms with Gasteiger partial charge >= 0.3 is 0 Å². The smallest absolute Gasteiger partial charge is 0.0794 e. The van der Waals surface area contributed by atoms with Crippen LogP contribution in [0.15, 0.2) is 66.7 Å². The fraction of sp³-hybridized carbons (Fsp3) is 0.0526. The Morgan fingerprint density at radius 1 is 0.727 bits per heavy atom. The lowest BCUT2D eigenvalue weighted by Gasteiger charge is -2.12. The summed E-state index contributed by atoms with van der Waals surface area (Å²) in [6.45, 7) is 0. The molecule has 1 aliphatic rings. The topological polar surface area (TPSA) is 24.1 Å². The summed E-state index contributed by atoms with van der Waals surface area (Å²) in [6.07, 6.45) is 0. The van der Waals surface area contributed by atoms with Crippen molar-refractivity contribution in [2.75, 3.05) is 5.43 Å². The Kier molecular flexibility index (Phi) is 2.53. The van der Waals surface area contributed by atoms with Gasteiger partial charge in [0.25, 0.3) is 0 Å². The molecule has 22 heavy (non-hydrogen) atoms. The highest BCUT2D eigenvalue weighted by Crippen LogP contribution is 2.41. The van der Waals surface area contributed by atoms with Gasteiger partial charge in [0.05, 0.1) is 11.7 Å². The molecule has 4 aromatic rings. The van der Waals surface area contributed by atoms with E-state index in [1.54, 1.807) is 0 Å². The standard InChI is InChI=1S/C19H14N2S/c1-3-10-16-14(7-1)18(21-20-16)15-9-5-8-13-12-6-2-4-11-17(12)22-19(13)15/h1-11,18,20-21H. The number of thiophene rings is 1. The van der Waals surface area contributed by atoms with E-state index in [2.05, 4.69) is 77.6 Å². The lowest BCUT2D eigenvalue weighted by Crippen LogP contribution is -2.19. The van der Waals surface area contributed by atoms with Crippen LogP contribution in [0, 0.1) is 0 Å². The molecule has 0 saturated carbocycles. The van der Waals surface area contributed by atoms with Crippen LogP contribution < -0.4 is 10.9 Å². The van der Waals surface area contributed by atoms with E-state index in [0.717, 1.165) is 0 Å². The number of para-hydroxylation sites is 1. The first-order valence-corrected chi connectivity index (χ1v) is 8.24. The molecule has 0 aliphatic carbocycles. The highest BCUT2D eigenvalue weighted by molar-refractivity contribution is 7.26. The van der Waals surface area contributed by atoms with Crippen molar-refractivity contribution in [3.05, 3.63) is 77.9 Å². The number of benzene rings is 3. The molecule has 0 saturated heterocycles. The average Bonchev–Trinajstić information content (AvgIpc) is 3.16. The molecule has 3 aromatic carbocycles. The second-order valence-corrected chi connectivity index (χ2v) is 6.66. The largest absolute Gasteiger partial charge is 0.320 e. The highest BCUT2D eigenvalue weighted by Gasteiger charge is 2.25. The van der Waals surface area contributed by atoms with E-state index in [9.17, 15) is 0 Å². The van der Waals surface area contributed by atoms with Crippen molar-refractivity contribution < 1.29 is 0 Å². The second-order valence-electron chi connectivity index (χ2n) is 5.61. The predicted molar refractivity (Wildman–Crippen MR) is 94.4 cm³/mol. The molecule has 1 aromatic heterocycles. The Morgan fingerprint density at radius 3 is 2.50 bits per heavy atom. The number of hydrogen-bond acceptors (Lipinski definition) is 3. The molecular weight excluding hydrogens is 288 g/mol. The van der Waals surface area contributed by atoms with E-state index in [1.807, 2.05) is 11.3 Å². The summed E-state index contributed by atoms with van der Waals surface area (Å²) in [5, 5.41) is 2.70. The van der Waals surface area contributed by atoms with Crippen molar-refractivity contribution in [1.29, 1.82) is 0 Å². The number of nitrogens with one attached hydrogen (secondary N) is 2. The zero-order valence-corrected chi connectivity index (χ0v) is 12.7. The van der Waals surface area contributed by atoms with Crippen LogP contribution in [0.3, 0.4) is 0 Å². The van der Waals surface area contributed by atoms with Crippen molar-refractivity contribution >= 4 is 37.2 Å². The van der Waals surface area contributed by atoms with Gasteiger partial charge in [0.15, 0.2) is 0 Å². The quantitative estimate of drug-likeness (QED) is 0.513. The molecule has 0 amide bonds. The summed E-state index contributed by atoms with van der Waals surface area (Å²) in [5.41, 5.74) is 10.6. The molecule has 1 aliphatic heterocycles. The van der Waals surface area contributed by atoms with E-state index in [-0.39, 0.29) is 6.04 Å². The normalized spacial score (nSPS) is 16.8. The predicted octanol–water partition coefficient (Wildman–Crippen LogP) is 5.07. The van der Waals surface area contributed by atoms with Gasteiger partial charge in [-0.15, -0.1) is 11.3 Å². The monoisotopic (exact) mass is 302 g/mol. The van der Waals surface area contributed by atoms with Gasteiger partial charge in [0.1, 0.15) is 0 Å². The minimum atomic E-state index is 0.202. The fourth-order valence-corrected chi connectivity index (χ4v) is 4.58. The number of hydrazine groups is 1. The summed E-state index contributed by atoms with van der Waals surface area (Å²) in [6, 6.07) is 24.0. The molecule has 1 atom stereocenters. The van der Waals surface area contributed by atoms with Crippen molar-refractivity contribution in [2.45, 2.75) is 6.04 Å². The maximum absolute atomic E-state index is 3.43. The van der Waals surface area contributed by atoms with Crippen molar-refractivity contribution in [2.24, 2.45) is 0 Å². The van der Waals surface area contributed by atoms with E-state index in [1.165, 1.54) is 37.0 Å². The van der Waals surface area contributed by atoms with Crippen LogP contribution in [0.5, 0.6) is 0 Å². The third-order valence-electron chi connectivity index (χ3n) is 4.37. The van der Waals surface area contributed by atoms with Gasteiger partial charge in [-0.05, 0) is 23.3 Å². The van der Waals surface area contributed by atoms with E-state index < -0.39 is 0 Å². The number of rotatable bonds is 1. The van der Waals surface area contributed by atoms with Gasteiger partial charge in [-0.1, -0.05) is 54.6 Å². The van der Waals surface area contributed by atoms with E-state index in [4.69, 9.17) is 0 Å². The molecule has 0 bridgehead atoms. The van der Waals surface area contributed by atoms with Crippen LogP contribution in [0.25, 0.3) is 20.2 Å². The van der Waals surface area contributed by atoms with Gasteiger partial charge in [-0.2, -0.15) is 0 Å². The molecule has 2 heterocycles. The Morgan fingerprint density at radius 2 is 1.50 bits per heavy atom. The molecule has 2 nitrogen and oxygen atoms in total. The van der Waals surface area contributed by atoms with Crippen molar-refractivity contribution in [3.8, 4) is 0 Å². The molecule has 0 spiro atoms. The summed E-state index contributed by atoms with van der Waals surface area (Å²) < 4.78 is 2.73. The fourth-order valence-electron chi connectivity index (χ4n) is 3.33. The molecule has 0 radical (unpaired) electrons. The summed E-state index contributed by atoms with van der Waals surface area (Å²) in [5.74, 6) is 0. The molecule has 106 valence electrons. The third-order valence-corrected chi connectivity index (χ3v) is 5.60. The molecule has 1 unspecified atom stereocenters. The van der Waals surface area contributed by atoms with Gasteiger partial charge in [-0.3, -0.25) is 0 Å². The summed E-state index contributed by atoms with van der Waals surface area (Å²) in [7, 11) is 0. The Balaban J connectivity index is 1.79. The Bertz CT molecular complexity index is 1000. The second kappa shape index (κ2) is 4.57. The molecular formula is C19H14N2S. The number of hydrogen-bond donors (Lipinski definition) is 2. The van der Waals surface area contributed by atoms with E-state index in [0.29, 0.717) is 0 Å². The van der Waals surface area contributed by atoms with Crippen LogP contribution in [0.4, 0.5) is 5.69 Å². The van der Waals surface area contributed by atoms with Crippen molar-refractivity contribution in [1.82, 2.24) is 5.43 Å². The lowest BCUT2D eigenvalue weighted by atomic mass is 9.98. The maximum atomic E-state index is 3.43. The first-order valence-electron chi connectivity index (χ1n) is 7.42. The van der Waals surface area contributed by atoms with Crippen LogP contribution >= 0.6 is 11.3 Å². The first-order chi connectivity index (χ1) is 10.9. The minimum Gasteiger partial charge on any atom is -0.320 e. The molecule has 0 fully saturated rings. The van der Waals surface area contributed by atoms with E-state index >= 15 is 0 Å². The van der Waals surface area contributed by atoms with Crippen LogP contribution in [-0.2, 0) is 0 Å². The van der Waals surface area contributed by atoms with Crippen molar-refractivity contribution in [3.63, 3.8) is 0 Å². The minimum absolute atomic E-state index is 0.202. The first kappa shape index (κ1) is 12.2. The van der Waals surface area contributed by atoms with Crippen LogP contribution in [0.2, 0.25) is 0 Å². The summed E-state index contributed by atoms with van der Waals surface area (Å²) in [4.78, 5) is 0. The molecule has 2 N–H and O–H groups in total. The highest BCUT2D eigenvalue weighted by atomic mass is 32.1. The SMILES string of the molecule is c1ccc2c(c1)NNC2c1cccc2c1sc1ccccc12. The Hall–Kier alpha value is -2.36. The number of fused-ring (bicyclic) bond motifs is 4. The maximum Gasteiger partial charge on any atom is 0.0794 e. The molecule has 5 rings (SSSR count). The molecule has 3 heteroatoms. The average molecular weight is 302 g/mol. The van der Waals surface area contributed by atoms with Gasteiger partial charge in [-0.25, -0.2) is 5.43 Å². The van der Waals surface area contributed by atoms with Gasteiger partial charge < -0.3 is 5.43 Å². The van der Waals surface area contributed by atoms with Crippen LogP contribution in [-0.4, -0.2) is 0 Å². The van der Waals surface area contributed by atoms with Gasteiger partial charge in [0.2, 0.25) is 0 Å². The lowest BCUT2D eigenvalue weighted by molar-refractivity contribution is 0.735. The Labute approximate surface area is 132 Å². The summed E-state index contributed by atoms with van der Waals surface area (Å²) >= 11 is 1.88. The zero-order valence-electron chi connectivity index (χ0n) is 11.8. The van der Waals surface area contributed by atoms with Crippen LogP contribution in [0.1, 0.15) is 17.2 Å². The van der Waals surface area contributed by atoms with Gasteiger partial charge in [0, 0.05) is 20.2 Å². The number of anilines is 1. The zero-order chi connectivity index (χ0) is 14.5.